The fourth-order valence-electron chi connectivity index (χ4n) is 3.21. The summed E-state index contributed by atoms with van der Waals surface area (Å²) in [4.78, 5) is 14.6. The Morgan fingerprint density at radius 1 is 1.25 bits per heavy atom. The van der Waals surface area contributed by atoms with Crippen molar-refractivity contribution < 1.29 is 9.90 Å². The van der Waals surface area contributed by atoms with Gasteiger partial charge < -0.3 is 15.7 Å². The van der Waals surface area contributed by atoms with Crippen molar-refractivity contribution in [1.29, 1.82) is 0 Å². The number of aliphatic hydroxyl groups is 1. The fourth-order valence-corrected chi connectivity index (χ4v) is 3.21. The second kappa shape index (κ2) is 7.16. The van der Waals surface area contributed by atoms with Crippen molar-refractivity contribution in [2.75, 3.05) is 13.1 Å². The normalized spacial score (nSPS) is 18.6. The van der Waals surface area contributed by atoms with Crippen LogP contribution in [0.15, 0.2) is 48.5 Å². The average molecular weight is 324 g/mol. The van der Waals surface area contributed by atoms with E-state index in [2.05, 4.69) is 0 Å². The number of amides is 1. The van der Waals surface area contributed by atoms with E-state index in [0.717, 1.165) is 23.1 Å². The summed E-state index contributed by atoms with van der Waals surface area (Å²) < 4.78 is 0. The van der Waals surface area contributed by atoms with Gasteiger partial charge in [0.1, 0.15) is 0 Å². The molecule has 1 fully saturated rings. The van der Waals surface area contributed by atoms with E-state index in [-0.39, 0.29) is 17.9 Å². The number of hydrogen-bond acceptors (Lipinski definition) is 3. The Kier molecular flexibility index (Phi) is 4.97. The molecule has 2 aromatic carbocycles. The first-order chi connectivity index (χ1) is 11.6. The Hall–Kier alpha value is -2.17. The molecule has 0 radical (unpaired) electrons. The van der Waals surface area contributed by atoms with Gasteiger partial charge in [0.25, 0.3) is 5.91 Å². The van der Waals surface area contributed by atoms with Gasteiger partial charge in [-0.1, -0.05) is 36.4 Å². The van der Waals surface area contributed by atoms with Crippen molar-refractivity contribution in [3.63, 3.8) is 0 Å². The quantitative estimate of drug-likeness (QED) is 0.908. The summed E-state index contributed by atoms with van der Waals surface area (Å²) in [5, 5.41) is 9.71. The van der Waals surface area contributed by atoms with Gasteiger partial charge in [-0.25, -0.2) is 0 Å². The highest BCUT2D eigenvalue weighted by Crippen LogP contribution is 2.24. The zero-order valence-corrected chi connectivity index (χ0v) is 14.0. The Morgan fingerprint density at radius 2 is 2.00 bits per heavy atom. The molecule has 2 atom stereocenters. The summed E-state index contributed by atoms with van der Waals surface area (Å²) in [7, 11) is 0. The third-order valence-corrected chi connectivity index (χ3v) is 4.83. The van der Waals surface area contributed by atoms with Crippen LogP contribution in [0.3, 0.4) is 0 Å². The molecule has 3 rings (SSSR count). The van der Waals surface area contributed by atoms with E-state index in [4.69, 9.17) is 5.73 Å². The van der Waals surface area contributed by atoms with Gasteiger partial charge in [-0.2, -0.15) is 0 Å². The van der Waals surface area contributed by atoms with Gasteiger partial charge in [-0.15, -0.1) is 0 Å². The van der Waals surface area contributed by atoms with Gasteiger partial charge >= 0.3 is 0 Å². The third-order valence-electron chi connectivity index (χ3n) is 4.83. The number of carbonyl (C=O) groups excluding carboxylic acids is 1. The summed E-state index contributed by atoms with van der Waals surface area (Å²) in [6.45, 7) is 3.66. The molecule has 1 heterocycles. The average Bonchev–Trinajstić information content (AvgIpc) is 3.12. The van der Waals surface area contributed by atoms with Crippen LogP contribution in [0.1, 0.15) is 29.3 Å². The van der Waals surface area contributed by atoms with Crippen molar-refractivity contribution in [1.82, 2.24) is 4.90 Å². The lowest BCUT2D eigenvalue weighted by Crippen LogP contribution is -2.30. The number of aliphatic hydroxyl groups excluding tert-OH is 1. The van der Waals surface area contributed by atoms with Crippen LogP contribution < -0.4 is 5.73 Å². The summed E-state index contributed by atoms with van der Waals surface area (Å²) in [5.74, 6) is 0.222. The standard InChI is InChI=1S/C20H24N2O2/c1-14(23)19-9-10-22(13-19)20(24)18-4-2-3-17(11-18)16-7-5-15(12-21)6-8-16/h2-8,11,14,19,23H,9-10,12-13,21H2,1H3. The lowest BCUT2D eigenvalue weighted by Gasteiger charge is -2.18. The smallest absolute Gasteiger partial charge is 0.253 e. The van der Waals surface area contributed by atoms with Crippen LogP contribution in [0, 0.1) is 5.92 Å². The molecule has 0 aliphatic carbocycles. The number of carbonyl (C=O) groups is 1. The molecule has 0 bridgehead atoms. The van der Waals surface area contributed by atoms with Gasteiger partial charge in [0, 0.05) is 31.1 Å². The van der Waals surface area contributed by atoms with Crippen LogP contribution in [-0.4, -0.2) is 35.1 Å². The summed E-state index contributed by atoms with van der Waals surface area (Å²) in [6.07, 6.45) is 0.499. The molecule has 4 heteroatoms. The van der Waals surface area contributed by atoms with Crippen LogP contribution >= 0.6 is 0 Å². The molecule has 2 aromatic rings. The van der Waals surface area contributed by atoms with Crippen molar-refractivity contribution >= 4 is 5.91 Å². The molecule has 3 N–H and O–H groups in total. The number of likely N-dealkylation sites (tertiary alicyclic amines) is 1. The molecule has 0 spiro atoms. The van der Waals surface area contributed by atoms with Crippen LogP contribution in [-0.2, 0) is 6.54 Å². The Bertz CT molecular complexity index is 710. The van der Waals surface area contributed by atoms with Gasteiger partial charge in [0.15, 0.2) is 0 Å². The molecule has 2 unspecified atom stereocenters. The molecular formula is C20H24N2O2. The lowest BCUT2D eigenvalue weighted by atomic mass is 10.0. The molecule has 4 nitrogen and oxygen atoms in total. The first-order valence-corrected chi connectivity index (χ1v) is 8.45. The zero-order chi connectivity index (χ0) is 17.1. The monoisotopic (exact) mass is 324 g/mol. The van der Waals surface area contributed by atoms with Crippen LogP contribution in [0.2, 0.25) is 0 Å². The first kappa shape index (κ1) is 16.7. The van der Waals surface area contributed by atoms with Crippen molar-refractivity contribution in [2.24, 2.45) is 11.7 Å². The largest absolute Gasteiger partial charge is 0.393 e. The Balaban J connectivity index is 1.78. The highest BCUT2D eigenvalue weighted by molar-refractivity contribution is 5.95. The second-order valence-corrected chi connectivity index (χ2v) is 6.52. The van der Waals surface area contributed by atoms with E-state index >= 15 is 0 Å². The fraction of sp³-hybridized carbons (Fsp3) is 0.350. The lowest BCUT2D eigenvalue weighted by molar-refractivity contribution is 0.0762. The molecule has 1 amide bonds. The van der Waals surface area contributed by atoms with Crippen LogP contribution in [0.25, 0.3) is 11.1 Å². The van der Waals surface area contributed by atoms with Crippen molar-refractivity contribution in [2.45, 2.75) is 26.0 Å². The van der Waals surface area contributed by atoms with Crippen molar-refractivity contribution in [3.05, 3.63) is 59.7 Å². The van der Waals surface area contributed by atoms with Gasteiger partial charge in [0.2, 0.25) is 0 Å². The second-order valence-electron chi connectivity index (χ2n) is 6.52. The molecule has 0 saturated carbocycles. The maximum atomic E-state index is 12.7. The topological polar surface area (TPSA) is 66.6 Å². The number of rotatable bonds is 4. The molecule has 1 saturated heterocycles. The van der Waals surface area contributed by atoms with Gasteiger partial charge in [-0.05, 0) is 42.2 Å². The molecule has 126 valence electrons. The van der Waals surface area contributed by atoms with E-state index in [1.807, 2.05) is 53.4 Å². The molecule has 1 aliphatic rings. The highest BCUT2D eigenvalue weighted by atomic mass is 16.3. The number of benzene rings is 2. The van der Waals surface area contributed by atoms with E-state index in [9.17, 15) is 9.90 Å². The number of nitrogens with zero attached hydrogens (tertiary/aromatic N) is 1. The Labute approximate surface area is 142 Å². The van der Waals surface area contributed by atoms with Gasteiger partial charge in [-0.3, -0.25) is 4.79 Å². The zero-order valence-electron chi connectivity index (χ0n) is 14.0. The van der Waals surface area contributed by atoms with Crippen LogP contribution in [0.4, 0.5) is 0 Å². The minimum absolute atomic E-state index is 0.0404. The van der Waals surface area contributed by atoms with Gasteiger partial charge in [0.05, 0.1) is 6.10 Å². The maximum absolute atomic E-state index is 12.7. The minimum atomic E-state index is -0.366. The first-order valence-electron chi connectivity index (χ1n) is 8.45. The van der Waals surface area contributed by atoms with E-state index < -0.39 is 0 Å². The minimum Gasteiger partial charge on any atom is -0.393 e. The van der Waals surface area contributed by atoms with Crippen molar-refractivity contribution in [3.8, 4) is 11.1 Å². The van der Waals surface area contributed by atoms with Crippen LogP contribution in [0.5, 0.6) is 0 Å². The Morgan fingerprint density at radius 3 is 2.62 bits per heavy atom. The number of hydrogen-bond donors (Lipinski definition) is 2. The summed E-state index contributed by atoms with van der Waals surface area (Å²) in [5.41, 5.74) is 9.52. The molecule has 1 aliphatic heterocycles. The van der Waals surface area contributed by atoms with E-state index in [1.54, 1.807) is 6.92 Å². The highest BCUT2D eigenvalue weighted by Gasteiger charge is 2.29. The predicted molar refractivity (Wildman–Crippen MR) is 95.5 cm³/mol. The maximum Gasteiger partial charge on any atom is 0.253 e. The van der Waals surface area contributed by atoms with E-state index in [0.29, 0.717) is 25.2 Å². The number of nitrogens with two attached hydrogens (primary N) is 1. The molecule has 24 heavy (non-hydrogen) atoms. The molecule has 0 aromatic heterocycles. The summed E-state index contributed by atoms with van der Waals surface area (Å²) in [6, 6.07) is 15.8. The van der Waals surface area contributed by atoms with E-state index in [1.165, 1.54) is 0 Å². The predicted octanol–water partition coefficient (Wildman–Crippen LogP) is 2.66. The molecular weight excluding hydrogens is 300 g/mol. The SMILES string of the molecule is CC(O)C1CCN(C(=O)c2cccc(-c3ccc(CN)cc3)c2)C1. The third kappa shape index (κ3) is 3.50. The summed E-state index contributed by atoms with van der Waals surface area (Å²) >= 11 is 0.